The Balaban J connectivity index is 1.41. The van der Waals surface area contributed by atoms with Crippen molar-refractivity contribution in [1.29, 1.82) is 0 Å². The lowest BCUT2D eigenvalue weighted by Gasteiger charge is -2.58. The van der Waals surface area contributed by atoms with E-state index < -0.39 is 11.6 Å². The van der Waals surface area contributed by atoms with Crippen LogP contribution in [-0.2, 0) is 9.63 Å². The Bertz CT molecular complexity index is 758. The molecule has 0 aromatic rings. The number of nitrogens with one attached hydrogen (secondary N) is 1. The molecule has 5 heteroatoms. The van der Waals surface area contributed by atoms with Crippen molar-refractivity contribution in [3.63, 3.8) is 0 Å². The number of rotatable bonds is 2. The molecule has 5 rings (SSSR count). The lowest BCUT2D eigenvalue weighted by Crippen LogP contribution is -2.52. The largest absolute Gasteiger partial charge is 0.391 e. The number of halogens is 1. The van der Waals surface area contributed by atoms with Gasteiger partial charge in [0.05, 0.1) is 5.71 Å². The van der Waals surface area contributed by atoms with Crippen LogP contribution in [0, 0.1) is 34.5 Å². The van der Waals surface area contributed by atoms with Crippen LogP contribution in [0.15, 0.2) is 16.8 Å². The zero-order chi connectivity index (χ0) is 20.4. The molecule has 4 fully saturated rings. The maximum atomic E-state index is 14.4. The lowest BCUT2D eigenvalue weighted by atomic mass is 9.46. The van der Waals surface area contributed by atoms with Crippen LogP contribution in [-0.4, -0.2) is 36.9 Å². The minimum absolute atomic E-state index is 0.114. The monoisotopic (exact) mass is 402 g/mol. The number of oxime groups is 1. The molecule has 6 unspecified atom stereocenters. The van der Waals surface area contributed by atoms with Crippen LogP contribution in [0.25, 0.3) is 0 Å². The first-order valence-electron chi connectivity index (χ1n) is 11.7. The number of carbonyl (C=O) groups excluding carboxylic acids is 1. The maximum Gasteiger partial charge on any atom is 0.173 e. The van der Waals surface area contributed by atoms with Crippen molar-refractivity contribution in [2.45, 2.75) is 78.0 Å². The molecule has 0 aromatic heterocycles. The van der Waals surface area contributed by atoms with E-state index in [-0.39, 0.29) is 23.2 Å². The molecule has 3 saturated carbocycles. The van der Waals surface area contributed by atoms with E-state index in [0.29, 0.717) is 24.2 Å². The van der Waals surface area contributed by atoms with E-state index in [2.05, 4.69) is 37.3 Å². The molecule has 1 N–H and O–H groups in total. The molecular weight excluding hydrogens is 367 g/mol. The minimum Gasteiger partial charge on any atom is -0.391 e. The van der Waals surface area contributed by atoms with Crippen molar-refractivity contribution >= 4 is 11.5 Å². The number of hydrogen-bond acceptors (Lipinski definition) is 4. The van der Waals surface area contributed by atoms with Gasteiger partial charge in [0.15, 0.2) is 12.0 Å². The van der Waals surface area contributed by atoms with Gasteiger partial charge >= 0.3 is 0 Å². The van der Waals surface area contributed by atoms with E-state index in [1.54, 1.807) is 0 Å². The molecule has 1 saturated heterocycles. The second kappa shape index (κ2) is 6.90. The van der Waals surface area contributed by atoms with Crippen molar-refractivity contribution in [1.82, 2.24) is 5.32 Å². The summed E-state index contributed by atoms with van der Waals surface area (Å²) in [5.41, 5.74) is 2.31. The zero-order valence-corrected chi connectivity index (χ0v) is 18.0. The fourth-order valence-electron chi connectivity index (χ4n) is 7.68. The van der Waals surface area contributed by atoms with Crippen LogP contribution in [0.4, 0.5) is 4.39 Å². The molecule has 160 valence electrons. The van der Waals surface area contributed by atoms with Crippen LogP contribution >= 0.6 is 0 Å². The Morgan fingerprint density at radius 3 is 2.76 bits per heavy atom. The van der Waals surface area contributed by atoms with E-state index in [1.165, 1.54) is 5.57 Å². The van der Waals surface area contributed by atoms with E-state index in [1.807, 2.05) is 0 Å². The smallest absolute Gasteiger partial charge is 0.173 e. The fourth-order valence-corrected chi connectivity index (χ4v) is 7.68. The Kier molecular flexibility index (Phi) is 4.69. The highest BCUT2D eigenvalue weighted by atomic mass is 19.1. The lowest BCUT2D eigenvalue weighted by molar-refractivity contribution is -0.135. The maximum absolute atomic E-state index is 14.4. The number of ketones is 1. The SMILES string of the molecule is CC1CC2C(CC[C@]3(C)C(=O)C(F)CC23)[C@@]2(C)CCC(=NOC3CCNC3)C=C12. The highest BCUT2D eigenvalue weighted by Crippen LogP contribution is 2.65. The minimum atomic E-state index is -1.24. The van der Waals surface area contributed by atoms with Gasteiger partial charge in [-0.05, 0) is 80.2 Å². The molecule has 4 nitrogen and oxygen atoms in total. The standard InChI is InChI=1S/C24H35FN2O2/c1-14-10-17-18(5-8-24(3)20(17)12-21(25)22(24)28)23(2)7-4-15(11-19(14)23)27-29-16-6-9-26-13-16/h11,14,16-18,20-21,26H,4-10,12-13H2,1-3H3/t14?,16?,17?,18?,20?,21?,23-,24+/m1/s1. The van der Waals surface area contributed by atoms with Gasteiger partial charge in [0.1, 0.15) is 6.10 Å². The summed E-state index contributed by atoms with van der Waals surface area (Å²) in [5.74, 6) is 1.59. The average molecular weight is 403 g/mol. The molecule has 29 heavy (non-hydrogen) atoms. The summed E-state index contributed by atoms with van der Waals surface area (Å²) in [6.07, 6.45) is 7.78. The predicted molar refractivity (Wildman–Crippen MR) is 111 cm³/mol. The predicted octanol–water partition coefficient (Wildman–Crippen LogP) is 4.45. The number of nitrogens with zero attached hydrogens (tertiary/aromatic N) is 1. The number of Topliss-reactive ketones (excluding diaryl/α,β-unsaturated/α-hetero) is 1. The summed E-state index contributed by atoms with van der Waals surface area (Å²) in [4.78, 5) is 18.4. The van der Waals surface area contributed by atoms with E-state index in [4.69, 9.17) is 4.84 Å². The van der Waals surface area contributed by atoms with Gasteiger partial charge in [0.25, 0.3) is 0 Å². The topological polar surface area (TPSA) is 50.7 Å². The average Bonchev–Trinajstić information content (AvgIpc) is 3.29. The van der Waals surface area contributed by atoms with Gasteiger partial charge in [-0.15, -0.1) is 0 Å². The summed E-state index contributed by atoms with van der Waals surface area (Å²) in [6, 6.07) is 0. The van der Waals surface area contributed by atoms with E-state index in [9.17, 15) is 9.18 Å². The van der Waals surface area contributed by atoms with Crippen molar-refractivity contribution < 1.29 is 14.0 Å². The third kappa shape index (κ3) is 2.94. The number of alkyl halides is 1. The molecule has 1 heterocycles. The zero-order valence-electron chi connectivity index (χ0n) is 18.0. The molecule has 0 radical (unpaired) electrons. The van der Waals surface area contributed by atoms with Crippen LogP contribution in [0.3, 0.4) is 0 Å². The molecule has 0 aromatic carbocycles. The second-order valence-electron chi connectivity index (χ2n) is 10.9. The molecule has 8 atom stereocenters. The normalized spacial score (nSPS) is 50.7. The Morgan fingerprint density at radius 2 is 2.00 bits per heavy atom. The summed E-state index contributed by atoms with van der Waals surface area (Å²) in [5, 5.41) is 7.83. The van der Waals surface area contributed by atoms with Gasteiger partial charge < -0.3 is 10.2 Å². The molecule has 0 bridgehead atoms. The molecule has 0 spiro atoms. The Labute approximate surface area is 173 Å². The van der Waals surface area contributed by atoms with Crippen LogP contribution in [0.2, 0.25) is 0 Å². The van der Waals surface area contributed by atoms with Gasteiger partial charge in [0, 0.05) is 18.4 Å². The summed E-state index contributed by atoms with van der Waals surface area (Å²) in [7, 11) is 0. The van der Waals surface area contributed by atoms with Crippen LogP contribution in [0.5, 0.6) is 0 Å². The Hall–Kier alpha value is -1.23. The molecule has 0 amide bonds. The number of carbonyl (C=O) groups is 1. The second-order valence-corrected chi connectivity index (χ2v) is 10.9. The molecule has 5 aliphatic rings. The first kappa shape index (κ1) is 19.7. The van der Waals surface area contributed by atoms with Crippen molar-refractivity contribution in [2.75, 3.05) is 13.1 Å². The summed E-state index contributed by atoms with van der Waals surface area (Å²) < 4.78 is 14.4. The molecular formula is C24H35FN2O2. The molecule has 1 aliphatic heterocycles. The quantitative estimate of drug-likeness (QED) is 0.695. The van der Waals surface area contributed by atoms with Gasteiger partial charge in [-0.3, -0.25) is 4.79 Å². The molecule has 4 aliphatic carbocycles. The van der Waals surface area contributed by atoms with Crippen molar-refractivity contribution in [3.05, 3.63) is 11.6 Å². The summed E-state index contributed by atoms with van der Waals surface area (Å²) >= 11 is 0. The fraction of sp³-hybridized carbons (Fsp3) is 0.833. The van der Waals surface area contributed by atoms with Crippen molar-refractivity contribution in [3.8, 4) is 0 Å². The van der Waals surface area contributed by atoms with Gasteiger partial charge in [0.2, 0.25) is 0 Å². The number of fused-ring (bicyclic) bond motifs is 5. The van der Waals surface area contributed by atoms with Crippen LogP contribution < -0.4 is 5.32 Å². The first-order chi connectivity index (χ1) is 13.8. The first-order valence-corrected chi connectivity index (χ1v) is 11.7. The van der Waals surface area contributed by atoms with Crippen LogP contribution in [0.1, 0.15) is 65.7 Å². The third-order valence-electron chi connectivity index (χ3n) is 9.33. The van der Waals surface area contributed by atoms with E-state index >= 15 is 0 Å². The number of allylic oxidation sites excluding steroid dienone is 2. The van der Waals surface area contributed by atoms with Gasteiger partial charge in [-0.2, -0.15) is 0 Å². The van der Waals surface area contributed by atoms with Gasteiger partial charge in [-0.25, -0.2) is 4.39 Å². The third-order valence-corrected chi connectivity index (χ3v) is 9.33. The van der Waals surface area contributed by atoms with Crippen molar-refractivity contribution in [2.24, 2.45) is 39.7 Å². The Morgan fingerprint density at radius 1 is 1.17 bits per heavy atom. The summed E-state index contributed by atoms with van der Waals surface area (Å²) in [6.45, 7) is 8.70. The highest BCUT2D eigenvalue weighted by Gasteiger charge is 2.62. The highest BCUT2D eigenvalue weighted by molar-refractivity contribution is 5.96. The number of hydrogen-bond donors (Lipinski definition) is 1. The van der Waals surface area contributed by atoms with Gasteiger partial charge in [-0.1, -0.05) is 31.5 Å². The van der Waals surface area contributed by atoms with E-state index in [0.717, 1.165) is 57.3 Å².